The summed E-state index contributed by atoms with van der Waals surface area (Å²) in [6, 6.07) is 14.8. The first-order valence-corrected chi connectivity index (χ1v) is 23.4. The number of para-hydroxylation sites is 2. The summed E-state index contributed by atoms with van der Waals surface area (Å²) in [6.07, 6.45) is 34.9. The Morgan fingerprint density at radius 2 is 0.723 bits per heavy atom. The molecule has 47 heavy (non-hydrogen) atoms. The second-order valence-electron chi connectivity index (χ2n) is 16.3. The summed E-state index contributed by atoms with van der Waals surface area (Å²) in [5.41, 5.74) is 6.49. The van der Waals surface area contributed by atoms with Crippen LogP contribution in [0.15, 0.2) is 36.4 Å². The Kier molecular flexibility index (Phi) is 11.1. The second kappa shape index (κ2) is 15.8. The van der Waals surface area contributed by atoms with Crippen molar-refractivity contribution in [3.63, 3.8) is 0 Å². The van der Waals surface area contributed by atoms with Crippen LogP contribution in [-0.2, 0) is 12.8 Å². The van der Waals surface area contributed by atoms with Crippen LogP contribution in [0.1, 0.15) is 159 Å². The molecule has 6 aliphatic rings. The Hall–Kier alpha value is -1.10. The van der Waals surface area contributed by atoms with Crippen LogP contribution in [0.3, 0.4) is 0 Å². The van der Waals surface area contributed by atoms with Gasteiger partial charge in [0.15, 0.2) is 0 Å². The van der Waals surface area contributed by atoms with Crippen molar-refractivity contribution in [2.24, 2.45) is 0 Å². The first-order chi connectivity index (χ1) is 23.3. The lowest BCUT2D eigenvalue weighted by molar-refractivity contribution is 0.189. The van der Waals surface area contributed by atoms with E-state index in [0.717, 1.165) is 48.3 Å². The van der Waals surface area contributed by atoms with Crippen molar-refractivity contribution >= 4 is 26.5 Å². The lowest BCUT2D eigenvalue weighted by Gasteiger charge is -2.40. The van der Waals surface area contributed by atoms with Crippen molar-refractivity contribution in [2.75, 3.05) is 0 Å². The molecule has 2 aromatic rings. The Morgan fingerprint density at radius 3 is 1.06 bits per heavy atom. The molecule has 2 aromatic carbocycles. The molecular formula is C43H62O2P2. The molecule has 0 spiro atoms. The quantitative estimate of drug-likeness (QED) is 0.284. The van der Waals surface area contributed by atoms with Gasteiger partial charge in [-0.3, -0.25) is 0 Å². The predicted molar refractivity (Wildman–Crippen MR) is 204 cm³/mol. The van der Waals surface area contributed by atoms with Crippen molar-refractivity contribution in [1.29, 1.82) is 0 Å². The van der Waals surface area contributed by atoms with E-state index < -0.39 is 0 Å². The monoisotopic (exact) mass is 672 g/mol. The van der Waals surface area contributed by atoms with Gasteiger partial charge in [0.25, 0.3) is 0 Å². The third-order valence-electron chi connectivity index (χ3n) is 13.1. The largest absolute Gasteiger partial charge is 0.489 e. The van der Waals surface area contributed by atoms with Gasteiger partial charge in [0.1, 0.15) is 23.7 Å². The molecule has 0 unspecified atom stereocenters. The van der Waals surface area contributed by atoms with Crippen molar-refractivity contribution in [3.05, 3.63) is 47.5 Å². The van der Waals surface area contributed by atoms with Gasteiger partial charge in [0.2, 0.25) is 0 Å². The van der Waals surface area contributed by atoms with Gasteiger partial charge in [0.05, 0.1) is 0 Å². The van der Waals surface area contributed by atoms with Crippen LogP contribution >= 0.6 is 15.8 Å². The average molecular weight is 673 g/mol. The third-order valence-corrected chi connectivity index (χ3v) is 20.1. The Bertz CT molecular complexity index is 1170. The lowest BCUT2D eigenvalue weighted by Crippen LogP contribution is -2.32. The zero-order chi connectivity index (χ0) is 31.4. The molecule has 4 heteroatoms. The smallest absolute Gasteiger partial charge is 0.130 e. The molecular weight excluding hydrogens is 610 g/mol. The van der Waals surface area contributed by atoms with Gasteiger partial charge < -0.3 is 9.47 Å². The maximum Gasteiger partial charge on any atom is 0.130 e. The number of hydrogen-bond acceptors (Lipinski definition) is 2. The van der Waals surface area contributed by atoms with Gasteiger partial charge in [-0.2, -0.15) is 0 Å². The van der Waals surface area contributed by atoms with Crippen molar-refractivity contribution in [1.82, 2.24) is 0 Å². The molecule has 2 heterocycles. The van der Waals surface area contributed by atoms with Gasteiger partial charge in [-0.25, -0.2) is 0 Å². The fraction of sp³-hybridized carbons (Fsp3) is 0.721. The molecule has 4 fully saturated rings. The summed E-state index contributed by atoms with van der Waals surface area (Å²) >= 11 is 0. The molecule has 256 valence electrons. The molecule has 4 saturated carbocycles. The minimum Gasteiger partial charge on any atom is -0.489 e. The van der Waals surface area contributed by atoms with Crippen LogP contribution in [-0.4, -0.2) is 34.8 Å². The highest BCUT2D eigenvalue weighted by Crippen LogP contribution is 2.58. The molecule has 2 bridgehead atoms. The Morgan fingerprint density at radius 1 is 0.383 bits per heavy atom. The highest BCUT2D eigenvalue weighted by molar-refractivity contribution is 7.67. The van der Waals surface area contributed by atoms with E-state index in [0.29, 0.717) is 0 Å². The molecule has 0 N–H and O–H groups in total. The van der Waals surface area contributed by atoms with Crippen LogP contribution in [0, 0.1) is 0 Å². The number of rotatable bonds is 6. The summed E-state index contributed by atoms with van der Waals surface area (Å²) in [5, 5.41) is 3.30. The van der Waals surface area contributed by atoms with Crippen molar-refractivity contribution < 1.29 is 9.47 Å². The zero-order valence-corrected chi connectivity index (χ0v) is 31.1. The van der Waals surface area contributed by atoms with Crippen LogP contribution in [0.4, 0.5) is 0 Å². The maximum atomic E-state index is 7.49. The predicted octanol–water partition coefficient (Wildman–Crippen LogP) is 11.7. The standard InChI is InChI=1S/C43H62O2P2/c1-5-20-36(21-6-1)46(37-22-7-2-8-23-37)40-28-13-16-32-30-35-19-15-18-34(44-42(32)40)31-33-17-14-29-41(43(33)45-35)47(38-24-9-3-10-25-38)39-26-11-4-12-27-39/h13-14,16-17,28-29,34-39H,1-12,15,18-27,30-31H2/t34-,35-/m1/s1. The van der Waals surface area contributed by atoms with E-state index in [1.165, 1.54) is 157 Å². The SMILES string of the molecule is c1cc2c(c(P(C3CCCCC3)C3CCCCC3)c1)O[C@@H]1CCC[C@H](C2)Oc2c(cccc2P(C2CCCCC2)C2CCCCC2)C1. The minimum atomic E-state index is -0.205. The molecule has 2 nitrogen and oxygen atoms in total. The first kappa shape index (κ1) is 33.1. The number of benzene rings is 2. The normalized spacial score (nSPS) is 27.1. The van der Waals surface area contributed by atoms with E-state index in [9.17, 15) is 0 Å². The lowest BCUT2D eigenvalue weighted by atomic mass is 9.99. The maximum absolute atomic E-state index is 7.49. The first-order valence-electron chi connectivity index (χ1n) is 20.5. The van der Waals surface area contributed by atoms with Crippen LogP contribution in [0.5, 0.6) is 11.5 Å². The topological polar surface area (TPSA) is 18.5 Å². The summed E-state index contributed by atoms with van der Waals surface area (Å²) in [6.45, 7) is 0. The van der Waals surface area contributed by atoms with Crippen molar-refractivity contribution in [2.45, 2.75) is 195 Å². The molecule has 0 aromatic heterocycles. The summed E-state index contributed by atoms with van der Waals surface area (Å²) in [5.74, 6) is 2.64. The molecule has 0 radical (unpaired) electrons. The van der Waals surface area contributed by atoms with Gasteiger partial charge in [-0.05, 0) is 104 Å². The van der Waals surface area contributed by atoms with E-state index in [2.05, 4.69) is 36.4 Å². The summed E-state index contributed by atoms with van der Waals surface area (Å²) in [7, 11) is -0.411. The van der Waals surface area contributed by atoms with Gasteiger partial charge in [-0.15, -0.1) is 0 Å². The molecule has 2 aliphatic heterocycles. The highest BCUT2D eigenvalue weighted by Gasteiger charge is 2.38. The van der Waals surface area contributed by atoms with E-state index in [1.54, 1.807) is 10.6 Å². The van der Waals surface area contributed by atoms with Crippen LogP contribution in [0.2, 0.25) is 0 Å². The summed E-state index contributed by atoms with van der Waals surface area (Å²) in [4.78, 5) is 0. The van der Waals surface area contributed by atoms with Gasteiger partial charge in [0, 0.05) is 23.5 Å². The molecule has 0 saturated heterocycles. The summed E-state index contributed by atoms with van der Waals surface area (Å²) < 4.78 is 15.0. The number of ether oxygens (including phenoxy) is 2. The van der Waals surface area contributed by atoms with E-state index in [1.807, 2.05) is 0 Å². The Balaban J connectivity index is 1.16. The number of fused-ring (bicyclic) bond motifs is 6. The molecule has 2 atom stereocenters. The zero-order valence-electron chi connectivity index (χ0n) is 29.3. The molecule has 8 rings (SSSR count). The van der Waals surface area contributed by atoms with Crippen molar-refractivity contribution in [3.8, 4) is 11.5 Å². The molecule has 4 aliphatic carbocycles. The highest BCUT2D eigenvalue weighted by atomic mass is 31.1. The van der Waals surface area contributed by atoms with E-state index >= 15 is 0 Å². The van der Waals surface area contributed by atoms with Crippen LogP contribution < -0.4 is 20.1 Å². The minimum absolute atomic E-state index is 0.205. The van der Waals surface area contributed by atoms with Crippen LogP contribution in [0.25, 0.3) is 0 Å². The fourth-order valence-corrected chi connectivity index (χ4v) is 18.6. The number of hydrogen-bond donors (Lipinski definition) is 0. The fourth-order valence-electron chi connectivity index (χ4n) is 10.8. The average Bonchev–Trinajstić information content (AvgIpc) is 3.27. The van der Waals surface area contributed by atoms with E-state index in [-0.39, 0.29) is 28.1 Å². The Labute approximate surface area is 289 Å². The van der Waals surface area contributed by atoms with Gasteiger partial charge >= 0.3 is 0 Å². The second-order valence-corrected chi connectivity index (χ2v) is 21.8. The molecule has 0 amide bonds. The third kappa shape index (κ3) is 7.51. The van der Waals surface area contributed by atoms with E-state index in [4.69, 9.17) is 9.47 Å². The van der Waals surface area contributed by atoms with Gasteiger partial charge in [-0.1, -0.05) is 129 Å².